The number of benzene rings is 2. The third-order valence-electron chi connectivity index (χ3n) is 22.5. The van der Waals surface area contributed by atoms with E-state index in [1.807, 2.05) is 93.4 Å². The Morgan fingerprint density at radius 3 is 1.08 bits per heavy atom. The van der Waals surface area contributed by atoms with Crippen molar-refractivity contribution in [2.75, 3.05) is 0 Å². The third-order valence-corrected chi connectivity index (χ3v) is 37.4. The van der Waals surface area contributed by atoms with E-state index >= 15 is 0 Å². The molecular weight excluding hydrogens is 1450 g/mol. The van der Waals surface area contributed by atoms with E-state index < -0.39 is 27.0 Å². The van der Waals surface area contributed by atoms with Crippen LogP contribution in [0.3, 0.4) is 0 Å². The Morgan fingerprint density at radius 2 is 0.802 bits per heavy atom. The van der Waals surface area contributed by atoms with Gasteiger partial charge in [-0.2, -0.15) is 11.8 Å². The van der Waals surface area contributed by atoms with E-state index in [1.165, 1.54) is 92.8 Å². The van der Waals surface area contributed by atoms with Gasteiger partial charge in [0.2, 0.25) is 0 Å². The molecule has 0 N–H and O–H groups in total. The summed E-state index contributed by atoms with van der Waals surface area (Å²) < 4.78 is 3.85. The monoisotopic (exact) mass is 1570 g/mol. The second-order valence-electron chi connectivity index (χ2n) is 28.9. The van der Waals surface area contributed by atoms with Gasteiger partial charge in [-0.3, -0.25) is 23.5 Å². The van der Waals surface area contributed by atoms with Crippen molar-refractivity contribution in [3.8, 4) is 0 Å². The maximum atomic E-state index is 5.67. The molecule has 0 radical (unpaired) electrons. The van der Waals surface area contributed by atoms with Crippen LogP contribution in [0.4, 0.5) is 0 Å². The van der Waals surface area contributed by atoms with Crippen LogP contribution < -0.4 is 0 Å². The molecule has 6 saturated carbocycles. The molecule has 0 aromatic heterocycles. The predicted molar refractivity (Wildman–Crippen MR) is 414 cm³/mol. The number of allylic oxidation sites excluding steroid dienone is 6. The summed E-state index contributed by atoms with van der Waals surface area (Å²) in [6, 6.07) is 21.0. The van der Waals surface area contributed by atoms with E-state index in [9.17, 15) is 0 Å². The quantitative estimate of drug-likeness (QED) is 0.0904. The molecule has 12 heteroatoms. The van der Waals surface area contributed by atoms with Gasteiger partial charge in [0.1, 0.15) is 0 Å². The van der Waals surface area contributed by atoms with E-state index in [1.54, 1.807) is 198 Å². The van der Waals surface area contributed by atoms with Crippen LogP contribution >= 0.6 is 78.1 Å². The molecule has 91 heavy (non-hydrogen) atoms. The fourth-order valence-corrected chi connectivity index (χ4v) is 33.6. The Kier molecular flexibility index (Phi) is 38.3. The number of nitrogens with zero attached hydrogens (tertiary/aromatic N) is 2. The summed E-state index contributed by atoms with van der Waals surface area (Å²) in [5, 5.41) is 0. The van der Waals surface area contributed by atoms with Gasteiger partial charge >= 0.3 is 147 Å². The second kappa shape index (κ2) is 44.1. The van der Waals surface area contributed by atoms with E-state index in [2.05, 4.69) is 96.0 Å². The zero-order valence-corrected chi connectivity index (χ0v) is 68.4. The van der Waals surface area contributed by atoms with Gasteiger partial charge in [0.05, 0.1) is 34.0 Å². The fraction of sp³-hybridized carbons (Fsp3) is 0.696. The first-order chi connectivity index (χ1) is 44.2. The fourth-order valence-electron chi connectivity index (χ4n) is 17.9. The molecule has 10 aliphatic rings. The average Bonchev–Trinajstić information content (AvgIpc) is 2.64. The molecule has 0 amide bonds. The zero-order valence-electron chi connectivity index (χ0n) is 58.3. The third kappa shape index (κ3) is 26.3. The Balaban J connectivity index is 0.000000158. The van der Waals surface area contributed by atoms with Crippen molar-refractivity contribution in [1.29, 1.82) is 0 Å². The van der Waals surface area contributed by atoms with Gasteiger partial charge in [-0.05, 0) is 253 Å². The van der Waals surface area contributed by atoms with Crippen LogP contribution in [0.25, 0.3) is 0 Å². The molecule has 2 aromatic carbocycles. The molecule has 518 valence electrons. The molecule has 0 bridgehead atoms. The van der Waals surface area contributed by atoms with Crippen molar-refractivity contribution in [1.82, 2.24) is 9.80 Å². The van der Waals surface area contributed by atoms with Crippen LogP contribution in [0.1, 0.15) is 298 Å². The number of hydrogen-bond acceptors (Lipinski definition) is 4. The Bertz CT molecular complexity index is 2360. The summed E-state index contributed by atoms with van der Waals surface area (Å²) in [6.07, 6.45) is 58.9. The van der Waals surface area contributed by atoms with E-state index in [4.69, 9.17) is 38.8 Å². The van der Waals surface area contributed by atoms with Gasteiger partial charge in [0.25, 0.3) is 0 Å². The molecule has 2 nitrogen and oxygen atoms in total. The van der Waals surface area contributed by atoms with Crippen molar-refractivity contribution in [2.45, 2.75) is 333 Å². The number of halogens is 4. The molecule has 0 spiro atoms. The van der Waals surface area contributed by atoms with Gasteiger partial charge in [0.15, 0.2) is 0 Å². The molecule has 0 saturated heterocycles. The number of hydrogen-bond donors (Lipinski definition) is 0. The molecule has 12 rings (SSSR count). The maximum absolute atomic E-state index is 5.67. The van der Waals surface area contributed by atoms with Crippen molar-refractivity contribution >= 4 is 87.3 Å². The van der Waals surface area contributed by atoms with Crippen molar-refractivity contribution in [2.24, 2.45) is 17.8 Å². The molecule has 8 aliphatic carbocycles. The van der Waals surface area contributed by atoms with E-state index in [-0.39, 0.29) is 15.8 Å². The van der Waals surface area contributed by atoms with Gasteiger partial charge in [-0.15, -0.1) is 0 Å². The minimum absolute atomic E-state index is 0.0465. The first-order valence-corrected chi connectivity index (χ1v) is 53.1. The van der Waals surface area contributed by atoms with Crippen molar-refractivity contribution in [3.63, 3.8) is 0 Å². The minimum atomic E-state index is -1.61. The van der Waals surface area contributed by atoms with Gasteiger partial charge in [-0.1, -0.05) is 95.9 Å². The van der Waals surface area contributed by atoms with Crippen LogP contribution in [0, 0.1) is 29.5 Å². The standard InChI is InChI=1S/2C18H33P.C15H24NS.C14H22NS.2C7H6.4ClH.2Ru/c2*1-4-10-16(11-5-1)19(17-12-6-2-7-13-17)18-14-8-3-9-15-18;1-5-13-8-7-9-14(6-2)15(13)16-10-17-12(4)11(16)3;1-9-6-10(2)14(11(3)7-9)15-8-16-13(5)12(15)4;2*1-7-5-3-2-4-6-7;;;;;;/h2*16-18H,1-15H2;8,10,14-15H,5-7,9H2,1-4H3;6,8-9,11,14H,7H2,1-5H3;2*1-6H;4*1H;;/q;;2*-1;;;;;;;2*+2/p-2/t;;14-,15+;9-,11-,14+;;;;;;;;/m..11......../s1. The Labute approximate surface area is 597 Å². The molecule has 2 heterocycles. The van der Waals surface area contributed by atoms with Crippen LogP contribution in [0.15, 0.2) is 105 Å². The van der Waals surface area contributed by atoms with Gasteiger partial charge < -0.3 is 9.80 Å². The van der Waals surface area contributed by atoms with Crippen LogP contribution in [0.5, 0.6) is 0 Å². The molecule has 5 atom stereocenters. The SMILES string of the molecule is C1CCC([PH+](C2CCCCC2)C2CCCCC2)CC1.C1CCC([PH+](C2CCCCC2)C2CCCCC2)CC1.CC1=C[C@@H](C)C[C@@H](C)[C@H]1N1[CH-]SC(C)=C1C.CCC1=CCC[C@@H](CC)[C@H]1N1[CH-]SC(C)=C1C.[Cl][Ru]([Cl])=[CH]c1ccccc1.[Cl][Ru]([Cl])=[CH]c1ccccc1. The van der Waals surface area contributed by atoms with E-state index in [0.717, 1.165) is 28.9 Å². The first-order valence-electron chi connectivity index (χ1n) is 37.0. The molecule has 0 unspecified atom stereocenters. The van der Waals surface area contributed by atoms with Gasteiger partial charge in [0, 0.05) is 27.9 Å². The summed E-state index contributed by atoms with van der Waals surface area (Å²) in [6.45, 7) is 20.6. The Morgan fingerprint density at radius 1 is 0.473 bits per heavy atom. The molecule has 2 aliphatic heterocycles. The van der Waals surface area contributed by atoms with E-state index in [0.29, 0.717) is 12.1 Å². The summed E-state index contributed by atoms with van der Waals surface area (Å²) in [4.78, 5) is 7.91. The summed E-state index contributed by atoms with van der Waals surface area (Å²) in [5.74, 6) is 6.93. The molecule has 6 fully saturated rings. The normalized spacial score (nSPS) is 26.3. The van der Waals surface area contributed by atoms with Gasteiger partial charge in [-0.25, -0.2) is 0 Å². The van der Waals surface area contributed by atoms with Crippen LogP contribution in [-0.4, -0.2) is 65.1 Å². The zero-order chi connectivity index (χ0) is 64.9. The van der Waals surface area contributed by atoms with Crippen LogP contribution in [0.2, 0.25) is 0 Å². The topological polar surface area (TPSA) is 6.48 Å². The second-order valence-corrected chi connectivity index (χ2v) is 49.3. The molecular formula is C79H126Cl4N2P2Ru2S2. The number of thioether (sulfide) groups is 2. The van der Waals surface area contributed by atoms with Crippen molar-refractivity contribution in [3.05, 3.63) is 128 Å². The summed E-state index contributed by atoms with van der Waals surface area (Å²) in [7, 11) is 22.6. The first kappa shape index (κ1) is 79.0. The summed E-state index contributed by atoms with van der Waals surface area (Å²) in [5.41, 5.74) is 15.7. The Hall–Kier alpha value is 0.707. The van der Waals surface area contributed by atoms with Crippen molar-refractivity contribution < 1.29 is 27.0 Å². The number of rotatable bonds is 12. The van der Waals surface area contributed by atoms with Crippen LogP contribution in [-0.2, 0) is 27.0 Å². The molecule has 2 aromatic rings. The predicted octanol–water partition coefficient (Wildman–Crippen LogP) is 27.3. The summed E-state index contributed by atoms with van der Waals surface area (Å²) >= 11 is 0.521. The average molecular weight is 1570 g/mol.